The average Bonchev–Trinajstić information content (AvgIpc) is 2.26. The molecule has 0 radical (unpaired) electrons. The second-order valence-electron chi connectivity index (χ2n) is 3.42. The highest BCUT2D eigenvalue weighted by atomic mass is 19.4. The third-order valence-corrected chi connectivity index (χ3v) is 2.23. The zero-order valence-corrected chi connectivity index (χ0v) is 8.93. The molecule has 1 heterocycles. The largest absolute Gasteiger partial charge is 0.494 e. The molecular weight excluding hydrogens is 256 g/mol. The molecule has 18 heavy (non-hydrogen) atoms. The SMILES string of the molecule is COc1cc2[nH]c(=O)c(C(F)(F)F)nc2cc1F. The van der Waals surface area contributed by atoms with Gasteiger partial charge in [0, 0.05) is 12.1 Å². The molecule has 1 aromatic carbocycles. The molecular formula is C10H6F4N2O2. The van der Waals surface area contributed by atoms with Crippen molar-refractivity contribution in [2.24, 2.45) is 0 Å². The number of aromatic nitrogens is 2. The number of halogens is 4. The summed E-state index contributed by atoms with van der Waals surface area (Å²) in [5.74, 6) is -1.06. The number of benzene rings is 1. The van der Waals surface area contributed by atoms with E-state index in [1.807, 2.05) is 4.98 Å². The van der Waals surface area contributed by atoms with E-state index in [1.54, 1.807) is 0 Å². The lowest BCUT2D eigenvalue weighted by atomic mass is 10.2. The van der Waals surface area contributed by atoms with Gasteiger partial charge >= 0.3 is 6.18 Å². The monoisotopic (exact) mass is 262 g/mol. The van der Waals surface area contributed by atoms with Gasteiger partial charge in [-0.2, -0.15) is 13.2 Å². The van der Waals surface area contributed by atoms with Crippen LogP contribution in [-0.4, -0.2) is 17.1 Å². The first-order chi connectivity index (χ1) is 8.32. The Morgan fingerprint density at radius 2 is 2.00 bits per heavy atom. The zero-order valence-electron chi connectivity index (χ0n) is 8.93. The Hall–Kier alpha value is -2.12. The minimum Gasteiger partial charge on any atom is -0.494 e. The van der Waals surface area contributed by atoms with Gasteiger partial charge in [-0.25, -0.2) is 9.37 Å². The fraction of sp³-hybridized carbons (Fsp3) is 0.200. The van der Waals surface area contributed by atoms with Crippen LogP contribution >= 0.6 is 0 Å². The van der Waals surface area contributed by atoms with Crippen molar-refractivity contribution in [1.29, 1.82) is 0 Å². The Morgan fingerprint density at radius 1 is 1.33 bits per heavy atom. The molecule has 0 bridgehead atoms. The fourth-order valence-corrected chi connectivity index (χ4v) is 1.44. The maximum atomic E-state index is 13.3. The molecule has 0 aliphatic heterocycles. The van der Waals surface area contributed by atoms with Crippen LogP contribution in [0.15, 0.2) is 16.9 Å². The zero-order chi connectivity index (χ0) is 13.5. The first-order valence-electron chi connectivity index (χ1n) is 4.67. The van der Waals surface area contributed by atoms with Crippen LogP contribution in [0.25, 0.3) is 11.0 Å². The van der Waals surface area contributed by atoms with Crippen LogP contribution in [0.2, 0.25) is 0 Å². The van der Waals surface area contributed by atoms with Gasteiger partial charge in [-0.15, -0.1) is 0 Å². The molecule has 2 aromatic rings. The summed E-state index contributed by atoms with van der Waals surface area (Å²) in [4.78, 5) is 16.3. The van der Waals surface area contributed by atoms with Gasteiger partial charge in [-0.3, -0.25) is 4.79 Å². The van der Waals surface area contributed by atoms with Crippen molar-refractivity contribution >= 4 is 11.0 Å². The van der Waals surface area contributed by atoms with E-state index in [2.05, 4.69) is 9.72 Å². The summed E-state index contributed by atoms with van der Waals surface area (Å²) >= 11 is 0. The fourth-order valence-electron chi connectivity index (χ4n) is 1.44. The minimum absolute atomic E-state index is 0.0359. The molecule has 0 atom stereocenters. The third kappa shape index (κ3) is 2.01. The van der Waals surface area contributed by atoms with Gasteiger partial charge in [0.05, 0.1) is 18.1 Å². The van der Waals surface area contributed by atoms with Gasteiger partial charge < -0.3 is 9.72 Å². The highest BCUT2D eigenvalue weighted by Gasteiger charge is 2.36. The first kappa shape index (κ1) is 12.3. The second kappa shape index (κ2) is 3.97. The van der Waals surface area contributed by atoms with E-state index in [0.29, 0.717) is 0 Å². The number of H-pyrrole nitrogens is 1. The number of hydrogen-bond donors (Lipinski definition) is 1. The van der Waals surface area contributed by atoms with E-state index in [1.165, 1.54) is 7.11 Å². The lowest BCUT2D eigenvalue weighted by molar-refractivity contribution is -0.142. The average molecular weight is 262 g/mol. The van der Waals surface area contributed by atoms with E-state index in [0.717, 1.165) is 12.1 Å². The van der Waals surface area contributed by atoms with Gasteiger partial charge in [0.25, 0.3) is 5.56 Å². The van der Waals surface area contributed by atoms with E-state index < -0.39 is 23.2 Å². The van der Waals surface area contributed by atoms with Gasteiger partial charge in [-0.05, 0) is 0 Å². The van der Waals surface area contributed by atoms with Crippen LogP contribution in [0, 0.1) is 5.82 Å². The number of methoxy groups -OCH3 is 1. The van der Waals surface area contributed by atoms with E-state index in [9.17, 15) is 22.4 Å². The molecule has 0 saturated carbocycles. The maximum Gasteiger partial charge on any atom is 0.438 e. The van der Waals surface area contributed by atoms with Crippen LogP contribution in [0.3, 0.4) is 0 Å². The summed E-state index contributed by atoms with van der Waals surface area (Å²) in [5.41, 5.74) is -3.34. The summed E-state index contributed by atoms with van der Waals surface area (Å²) in [6.45, 7) is 0. The molecule has 0 spiro atoms. The third-order valence-electron chi connectivity index (χ3n) is 2.23. The second-order valence-corrected chi connectivity index (χ2v) is 3.42. The van der Waals surface area contributed by atoms with Crippen molar-refractivity contribution in [3.05, 3.63) is 34.0 Å². The van der Waals surface area contributed by atoms with Crippen molar-refractivity contribution in [1.82, 2.24) is 9.97 Å². The van der Waals surface area contributed by atoms with Gasteiger partial charge in [-0.1, -0.05) is 0 Å². The number of nitrogens with zero attached hydrogens (tertiary/aromatic N) is 1. The summed E-state index contributed by atoms with van der Waals surface area (Å²) in [7, 11) is 1.19. The van der Waals surface area contributed by atoms with E-state index >= 15 is 0 Å². The Labute approximate surface area is 97.2 Å². The highest BCUT2D eigenvalue weighted by Crippen LogP contribution is 2.27. The molecule has 4 nitrogen and oxygen atoms in total. The van der Waals surface area contributed by atoms with Crippen molar-refractivity contribution in [2.75, 3.05) is 7.11 Å². The van der Waals surface area contributed by atoms with Crippen molar-refractivity contribution in [3.63, 3.8) is 0 Å². The van der Waals surface area contributed by atoms with Crippen LogP contribution in [0.4, 0.5) is 17.6 Å². The summed E-state index contributed by atoms with van der Waals surface area (Å²) in [6.07, 6.45) is -4.89. The lowest BCUT2D eigenvalue weighted by Gasteiger charge is -2.07. The number of nitrogens with one attached hydrogen (secondary N) is 1. The van der Waals surface area contributed by atoms with Crippen LogP contribution in [-0.2, 0) is 6.18 Å². The molecule has 1 N–H and O–H groups in total. The smallest absolute Gasteiger partial charge is 0.438 e. The predicted molar refractivity (Wildman–Crippen MR) is 53.9 cm³/mol. The molecule has 8 heteroatoms. The molecule has 0 saturated heterocycles. The summed E-state index contributed by atoms with van der Waals surface area (Å²) < 4.78 is 55.2. The minimum atomic E-state index is -4.89. The topological polar surface area (TPSA) is 55.0 Å². The first-order valence-corrected chi connectivity index (χ1v) is 4.67. The number of aromatic amines is 1. The molecule has 0 unspecified atom stereocenters. The van der Waals surface area contributed by atoms with Gasteiger partial charge in [0.15, 0.2) is 11.6 Å². The molecule has 0 fully saturated rings. The standard InChI is InChI=1S/C10H6F4N2O2/c1-18-7-3-6-5(2-4(7)11)15-8(9(17)16-6)10(12,13)14/h2-3H,1H3,(H,16,17). The van der Waals surface area contributed by atoms with Crippen LogP contribution < -0.4 is 10.3 Å². The molecule has 0 amide bonds. The van der Waals surface area contributed by atoms with Gasteiger partial charge in [0.2, 0.25) is 5.69 Å². The van der Waals surface area contributed by atoms with Crippen LogP contribution in [0.5, 0.6) is 5.75 Å². The Bertz CT molecular complexity index is 663. The lowest BCUT2D eigenvalue weighted by Crippen LogP contribution is -2.23. The van der Waals surface area contributed by atoms with E-state index in [4.69, 9.17) is 0 Å². The predicted octanol–water partition coefficient (Wildman–Crippen LogP) is 2.09. The summed E-state index contributed by atoms with van der Waals surface area (Å²) in [6, 6.07) is 1.83. The van der Waals surface area contributed by atoms with Crippen molar-refractivity contribution < 1.29 is 22.3 Å². The highest BCUT2D eigenvalue weighted by molar-refractivity contribution is 5.76. The summed E-state index contributed by atoms with van der Waals surface area (Å²) in [5, 5.41) is 0. The molecule has 2 rings (SSSR count). The number of fused-ring (bicyclic) bond motifs is 1. The molecule has 1 aromatic heterocycles. The molecule has 0 aliphatic rings. The van der Waals surface area contributed by atoms with Crippen molar-refractivity contribution in [3.8, 4) is 5.75 Å². The maximum absolute atomic E-state index is 13.3. The van der Waals surface area contributed by atoms with Crippen LogP contribution in [0.1, 0.15) is 5.69 Å². The Balaban J connectivity index is 2.77. The normalized spacial score (nSPS) is 11.8. The number of rotatable bonds is 1. The number of ether oxygens (including phenoxy) is 1. The Kier molecular flexibility index (Phi) is 2.72. The quantitative estimate of drug-likeness (QED) is 0.800. The number of alkyl halides is 3. The van der Waals surface area contributed by atoms with Crippen molar-refractivity contribution in [2.45, 2.75) is 6.18 Å². The Morgan fingerprint density at radius 3 is 2.56 bits per heavy atom. The van der Waals surface area contributed by atoms with E-state index in [-0.39, 0.29) is 16.8 Å². The number of hydrogen-bond acceptors (Lipinski definition) is 3. The van der Waals surface area contributed by atoms with Gasteiger partial charge in [0.1, 0.15) is 0 Å². The molecule has 96 valence electrons. The molecule has 0 aliphatic carbocycles.